The minimum Gasteiger partial charge on any atom is -0.486 e. The van der Waals surface area contributed by atoms with Gasteiger partial charge in [-0.15, -0.1) is 12.4 Å². The summed E-state index contributed by atoms with van der Waals surface area (Å²) in [6.07, 6.45) is 1.68. The van der Waals surface area contributed by atoms with Crippen molar-refractivity contribution >= 4 is 34.2 Å². The van der Waals surface area contributed by atoms with Crippen LogP contribution in [0.5, 0.6) is 5.75 Å². The van der Waals surface area contributed by atoms with E-state index in [1.807, 2.05) is 24.3 Å². The minimum atomic E-state index is -0.0770. The van der Waals surface area contributed by atoms with Gasteiger partial charge in [0.15, 0.2) is 5.76 Å². The van der Waals surface area contributed by atoms with E-state index in [1.165, 1.54) is 0 Å². The van der Waals surface area contributed by atoms with Crippen molar-refractivity contribution < 1.29 is 13.9 Å². The molecule has 1 saturated heterocycles. The van der Waals surface area contributed by atoms with Crippen molar-refractivity contribution in [3.05, 3.63) is 52.4 Å². The third-order valence-electron chi connectivity index (χ3n) is 3.89. The molecule has 1 aromatic carbocycles. The van der Waals surface area contributed by atoms with E-state index >= 15 is 0 Å². The molecule has 2 aromatic rings. The molecular weight excluding hydrogens is 396 g/mol. The number of ether oxygens (including phenoxy) is 1. The van der Waals surface area contributed by atoms with Gasteiger partial charge in [-0.05, 0) is 49.2 Å². The first-order chi connectivity index (χ1) is 11.1. The monoisotopic (exact) mass is 414 g/mol. The number of hydrogen-bond donors (Lipinski definition) is 1. The fourth-order valence-electron chi connectivity index (χ4n) is 2.51. The van der Waals surface area contributed by atoms with Crippen molar-refractivity contribution in [1.82, 2.24) is 4.90 Å². The quantitative estimate of drug-likeness (QED) is 0.828. The molecule has 24 heavy (non-hydrogen) atoms. The molecule has 0 bridgehead atoms. The first-order valence-corrected chi connectivity index (χ1v) is 8.43. The summed E-state index contributed by atoms with van der Waals surface area (Å²) in [7, 11) is 0. The van der Waals surface area contributed by atoms with E-state index in [9.17, 15) is 4.79 Å². The molecule has 0 spiro atoms. The molecule has 0 aliphatic carbocycles. The molecule has 2 heterocycles. The maximum absolute atomic E-state index is 12.4. The van der Waals surface area contributed by atoms with E-state index in [0.29, 0.717) is 31.2 Å². The Labute approximate surface area is 155 Å². The lowest BCUT2D eigenvalue weighted by Crippen LogP contribution is -2.42. The summed E-state index contributed by atoms with van der Waals surface area (Å²) in [5.41, 5.74) is 5.86. The van der Waals surface area contributed by atoms with Gasteiger partial charge in [-0.3, -0.25) is 4.79 Å². The highest BCUT2D eigenvalue weighted by atomic mass is 79.9. The Morgan fingerprint density at radius 2 is 1.88 bits per heavy atom. The van der Waals surface area contributed by atoms with Crippen LogP contribution in [0.4, 0.5) is 0 Å². The molecule has 0 radical (unpaired) electrons. The van der Waals surface area contributed by atoms with Crippen LogP contribution >= 0.6 is 28.3 Å². The van der Waals surface area contributed by atoms with Crippen molar-refractivity contribution in [2.24, 2.45) is 5.73 Å². The van der Waals surface area contributed by atoms with Crippen molar-refractivity contribution in [1.29, 1.82) is 0 Å². The van der Waals surface area contributed by atoms with Gasteiger partial charge in [0.2, 0.25) is 0 Å². The topological polar surface area (TPSA) is 68.7 Å². The number of amides is 1. The lowest BCUT2D eigenvalue weighted by Gasteiger charge is -2.29. The van der Waals surface area contributed by atoms with Gasteiger partial charge in [0, 0.05) is 23.6 Å². The van der Waals surface area contributed by atoms with Crippen LogP contribution in [0, 0.1) is 0 Å². The first-order valence-electron chi connectivity index (χ1n) is 7.64. The number of rotatable bonds is 4. The summed E-state index contributed by atoms with van der Waals surface area (Å²) in [5, 5.41) is 0. The zero-order valence-electron chi connectivity index (χ0n) is 13.1. The van der Waals surface area contributed by atoms with Crippen LogP contribution in [-0.2, 0) is 6.61 Å². The Morgan fingerprint density at radius 1 is 1.21 bits per heavy atom. The first kappa shape index (κ1) is 18.8. The number of carbonyl (C=O) groups excluding carboxylic acids is 1. The normalized spacial score (nSPS) is 15.0. The average Bonchev–Trinajstić information content (AvgIpc) is 3.03. The lowest BCUT2D eigenvalue weighted by atomic mass is 10.1. The summed E-state index contributed by atoms with van der Waals surface area (Å²) < 4.78 is 12.3. The molecule has 1 aromatic heterocycles. The van der Waals surface area contributed by atoms with Gasteiger partial charge in [0.25, 0.3) is 5.91 Å². The van der Waals surface area contributed by atoms with E-state index in [2.05, 4.69) is 15.9 Å². The van der Waals surface area contributed by atoms with Crippen LogP contribution < -0.4 is 10.5 Å². The van der Waals surface area contributed by atoms with Gasteiger partial charge in [-0.2, -0.15) is 0 Å². The van der Waals surface area contributed by atoms with Gasteiger partial charge < -0.3 is 19.8 Å². The van der Waals surface area contributed by atoms with Crippen LogP contribution in [0.25, 0.3) is 0 Å². The number of nitrogens with zero attached hydrogens (tertiary/aromatic N) is 1. The van der Waals surface area contributed by atoms with Crippen LogP contribution in [0.15, 0.2) is 45.3 Å². The van der Waals surface area contributed by atoms with Gasteiger partial charge >= 0.3 is 0 Å². The minimum absolute atomic E-state index is 0. The Hall–Kier alpha value is -1.50. The molecule has 2 N–H and O–H groups in total. The average molecular weight is 416 g/mol. The van der Waals surface area contributed by atoms with E-state index in [-0.39, 0.29) is 24.4 Å². The Bertz CT molecular complexity index is 667. The van der Waals surface area contributed by atoms with Crippen LogP contribution in [0.3, 0.4) is 0 Å². The van der Waals surface area contributed by atoms with Crippen molar-refractivity contribution in [3.8, 4) is 5.75 Å². The standard InChI is InChI=1S/C17H19BrN2O3.ClH/c18-12-1-3-14(4-2-12)22-11-15-5-6-16(23-15)17(21)20-9-7-13(19)8-10-20;/h1-6,13H,7-11,19H2;1H. The van der Waals surface area contributed by atoms with E-state index in [4.69, 9.17) is 14.9 Å². The fourth-order valence-corrected chi connectivity index (χ4v) is 2.78. The maximum atomic E-state index is 12.4. The molecule has 0 saturated carbocycles. The second kappa shape index (κ2) is 8.55. The predicted octanol–water partition coefficient (Wildman–Crippen LogP) is 3.61. The SMILES string of the molecule is Cl.NC1CCN(C(=O)c2ccc(COc3ccc(Br)cc3)o2)CC1. The summed E-state index contributed by atoms with van der Waals surface area (Å²) in [4.78, 5) is 14.2. The predicted molar refractivity (Wildman–Crippen MR) is 97.5 cm³/mol. The summed E-state index contributed by atoms with van der Waals surface area (Å²) >= 11 is 3.38. The van der Waals surface area contributed by atoms with E-state index in [0.717, 1.165) is 23.1 Å². The molecule has 3 rings (SSSR count). The van der Waals surface area contributed by atoms with E-state index in [1.54, 1.807) is 17.0 Å². The molecule has 1 aliphatic rings. The maximum Gasteiger partial charge on any atom is 0.289 e. The number of halogens is 2. The number of furan rings is 1. The number of carbonyl (C=O) groups is 1. The third-order valence-corrected chi connectivity index (χ3v) is 4.42. The molecular formula is C17H20BrClN2O3. The van der Waals surface area contributed by atoms with Crippen LogP contribution in [0.2, 0.25) is 0 Å². The van der Waals surface area contributed by atoms with Gasteiger partial charge in [0.1, 0.15) is 18.1 Å². The van der Waals surface area contributed by atoms with Crippen molar-refractivity contribution in [2.75, 3.05) is 13.1 Å². The molecule has 5 nitrogen and oxygen atoms in total. The largest absolute Gasteiger partial charge is 0.486 e. The smallest absolute Gasteiger partial charge is 0.289 e. The number of piperidine rings is 1. The van der Waals surface area contributed by atoms with Crippen LogP contribution in [0.1, 0.15) is 29.2 Å². The molecule has 0 unspecified atom stereocenters. The highest BCUT2D eigenvalue weighted by Gasteiger charge is 2.23. The van der Waals surface area contributed by atoms with Gasteiger partial charge in [0.05, 0.1) is 0 Å². The number of benzene rings is 1. The number of nitrogens with two attached hydrogens (primary N) is 1. The summed E-state index contributed by atoms with van der Waals surface area (Å²) in [6, 6.07) is 11.2. The Balaban J connectivity index is 0.00000208. The highest BCUT2D eigenvalue weighted by molar-refractivity contribution is 9.10. The molecule has 130 valence electrons. The highest BCUT2D eigenvalue weighted by Crippen LogP contribution is 2.19. The number of hydrogen-bond acceptors (Lipinski definition) is 4. The zero-order chi connectivity index (χ0) is 16.2. The zero-order valence-corrected chi connectivity index (χ0v) is 15.5. The molecule has 1 amide bonds. The third kappa shape index (κ3) is 4.75. The summed E-state index contributed by atoms with van der Waals surface area (Å²) in [6.45, 7) is 1.66. The molecule has 0 atom stereocenters. The number of likely N-dealkylation sites (tertiary alicyclic amines) is 1. The van der Waals surface area contributed by atoms with Crippen molar-refractivity contribution in [3.63, 3.8) is 0 Å². The molecule has 7 heteroatoms. The second-order valence-corrected chi connectivity index (χ2v) is 6.55. The summed E-state index contributed by atoms with van der Waals surface area (Å²) in [5.74, 6) is 1.66. The van der Waals surface area contributed by atoms with E-state index < -0.39 is 0 Å². The van der Waals surface area contributed by atoms with Crippen LogP contribution in [-0.4, -0.2) is 29.9 Å². The van der Waals surface area contributed by atoms with Gasteiger partial charge in [-0.1, -0.05) is 15.9 Å². The second-order valence-electron chi connectivity index (χ2n) is 5.64. The van der Waals surface area contributed by atoms with Crippen molar-refractivity contribution in [2.45, 2.75) is 25.5 Å². The fraction of sp³-hybridized carbons (Fsp3) is 0.353. The van der Waals surface area contributed by atoms with Gasteiger partial charge in [-0.25, -0.2) is 0 Å². The Kier molecular flexibility index (Phi) is 6.71. The lowest BCUT2D eigenvalue weighted by molar-refractivity contribution is 0.0678. The molecule has 1 fully saturated rings. The Morgan fingerprint density at radius 3 is 2.54 bits per heavy atom. The molecule has 1 aliphatic heterocycles.